The maximum absolute atomic E-state index is 12.1. The Hall–Kier alpha value is -1.52. The number of hydrogen-bond donors (Lipinski definition) is 2. The van der Waals surface area contributed by atoms with E-state index in [9.17, 15) is 9.59 Å². The number of nitrogens with one attached hydrogen (secondary N) is 1. The van der Waals surface area contributed by atoms with E-state index in [2.05, 4.69) is 11.4 Å². The minimum atomic E-state index is -0.845. The van der Waals surface area contributed by atoms with Crippen LogP contribution in [-0.2, 0) is 4.79 Å². The molecule has 1 fully saturated rings. The summed E-state index contributed by atoms with van der Waals surface area (Å²) in [5, 5.41) is 11.7. The van der Waals surface area contributed by atoms with Crippen molar-refractivity contribution < 1.29 is 14.7 Å². The second kappa shape index (κ2) is 5.42. The van der Waals surface area contributed by atoms with Crippen molar-refractivity contribution in [1.29, 1.82) is 0 Å². The van der Waals surface area contributed by atoms with Gasteiger partial charge in [-0.05, 0) is 32.1 Å². The van der Waals surface area contributed by atoms with Gasteiger partial charge in [0.15, 0.2) is 0 Å². The molecule has 2 rings (SSSR count). The summed E-state index contributed by atoms with van der Waals surface area (Å²) in [7, 11) is 0. The lowest BCUT2D eigenvalue weighted by Gasteiger charge is -2.28. The van der Waals surface area contributed by atoms with Gasteiger partial charge in [0.2, 0.25) is 0 Å². The SMILES string of the molecule is CC1=CCCN(C(=O)NC(CC(=O)O)C2CC2)C1. The average molecular weight is 252 g/mol. The molecular formula is C13H20N2O3. The van der Waals surface area contributed by atoms with Crippen LogP contribution in [0.5, 0.6) is 0 Å². The van der Waals surface area contributed by atoms with E-state index in [1.807, 2.05) is 6.92 Å². The van der Waals surface area contributed by atoms with Crippen LogP contribution in [0.15, 0.2) is 11.6 Å². The lowest BCUT2D eigenvalue weighted by molar-refractivity contribution is -0.137. The van der Waals surface area contributed by atoms with Crippen LogP contribution in [0.25, 0.3) is 0 Å². The highest BCUT2D eigenvalue weighted by molar-refractivity contribution is 5.76. The molecule has 1 saturated carbocycles. The van der Waals surface area contributed by atoms with Crippen molar-refractivity contribution in [2.45, 2.75) is 38.6 Å². The third kappa shape index (κ3) is 3.48. The van der Waals surface area contributed by atoms with Crippen LogP contribution in [0, 0.1) is 5.92 Å². The zero-order valence-corrected chi connectivity index (χ0v) is 10.7. The largest absolute Gasteiger partial charge is 0.481 e. The standard InChI is InChI=1S/C13H20N2O3/c1-9-3-2-6-15(8-9)13(18)14-11(7-12(16)17)10-4-5-10/h3,10-11H,2,4-8H2,1H3,(H,14,18)(H,16,17). The number of carboxylic acids is 1. The van der Waals surface area contributed by atoms with Gasteiger partial charge in [-0.1, -0.05) is 11.6 Å². The fourth-order valence-corrected chi connectivity index (χ4v) is 2.36. The number of hydrogen-bond acceptors (Lipinski definition) is 2. The maximum Gasteiger partial charge on any atom is 0.317 e. The van der Waals surface area contributed by atoms with Crippen LogP contribution >= 0.6 is 0 Å². The Kier molecular flexibility index (Phi) is 3.89. The van der Waals surface area contributed by atoms with Gasteiger partial charge in [-0.3, -0.25) is 4.79 Å². The first-order valence-electron chi connectivity index (χ1n) is 6.49. The quantitative estimate of drug-likeness (QED) is 0.747. The first-order chi connectivity index (χ1) is 8.56. The predicted octanol–water partition coefficient (Wildman–Crippen LogP) is 1.60. The van der Waals surface area contributed by atoms with Crippen molar-refractivity contribution in [2.24, 2.45) is 5.92 Å². The van der Waals surface area contributed by atoms with Crippen LogP contribution in [0.4, 0.5) is 4.79 Å². The number of carboxylic acid groups (broad SMARTS) is 1. The smallest absolute Gasteiger partial charge is 0.317 e. The summed E-state index contributed by atoms with van der Waals surface area (Å²) in [6.07, 6.45) is 5.10. The Bertz CT molecular complexity index is 374. The van der Waals surface area contributed by atoms with E-state index in [0.29, 0.717) is 19.0 Å². The molecule has 2 N–H and O–H groups in total. The molecule has 1 unspecified atom stereocenters. The fraction of sp³-hybridized carbons (Fsp3) is 0.692. The van der Waals surface area contributed by atoms with E-state index in [4.69, 9.17) is 5.11 Å². The summed E-state index contributed by atoms with van der Waals surface area (Å²) < 4.78 is 0. The Morgan fingerprint density at radius 1 is 1.56 bits per heavy atom. The molecule has 2 aliphatic rings. The number of nitrogens with zero attached hydrogens (tertiary/aromatic N) is 1. The molecule has 5 heteroatoms. The predicted molar refractivity (Wildman–Crippen MR) is 67.2 cm³/mol. The molecule has 100 valence electrons. The highest BCUT2D eigenvalue weighted by atomic mass is 16.4. The van der Waals surface area contributed by atoms with E-state index in [1.165, 1.54) is 5.57 Å². The lowest BCUT2D eigenvalue weighted by Crippen LogP contribution is -2.48. The third-order valence-electron chi connectivity index (χ3n) is 3.51. The first-order valence-corrected chi connectivity index (χ1v) is 6.49. The van der Waals surface area contributed by atoms with Crippen molar-refractivity contribution in [3.63, 3.8) is 0 Å². The monoisotopic (exact) mass is 252 g/mol. The van der Waals surface area contributed by atoms with Gasteiger partial charge in [0.05, 0.1) is 6.42 Å². The second-order valence-electron chi connectivity index (χ2n) is 5.25. The molecule has 0 aromatic carbocycles. The van der Waals surface area contributed by atoms with Crippen LogP contribution in [0.1, 0.15) is 32.6 Å². The molecule has 0 saturated heterocycles. The Balaban J connectivity index is 1.88. The molecule has 1 aliphatic carbocycles. The molecule has 0 radical (unpaired) electrons. The molecule has 0 bridgehead atoms. The molecule has 0 aromatic heterocycles. The summed E-state index contributed by atoms with van der Waals surface area (Å²) >= 11 is 0. The van der Waals surface area contributed by atoms with Crippen LogP contribution in [0.3, 0.4) is 0 Å². The van der Waals surface area contributed by atoms with Crippen LogP contribution in [-0.4, -0.2) is 41.1 Å². The first kappa shape index (κ1) is 12.9. The zero-order chi connectivity index (χ0) is 13.1. The van der Waals surface area contributed by atoms with E-state index in [1.54, 1.807) is 4.90 Å². The van der Waals surface area contributed by atoms with Crippen LogP contribution < -0.4 is 5.32 Å². The van der Waals surface area contributed by atoms with Gasteiger partial charge < -0.3 is 15.3 Å². The van der Waals surface area contributed by atoms with E-state index in [-0.39, 0.29) is 18.5 Å². The Labute approximate surface area is 107 Å². The molecular weight excluding hydrogens is 232 g/mol. The van der Waals surface area contributed by atoms with Gasteiger partial charge in [0.25, 0.3) is 0 Å². The van der Waals surface area contributed by atoms with Gasteiger partial charge in [-0.25, -0.2) is 4.79 Å². The van der Waals surface area contributed by atoms with Gasteiger partial charge in [0, 0.05) is 19.1 Å². The van der Waals surface area contributed by atoms with Crippen molar-refractivity contribution in [2.75, 3.05) is 13.1 Å². The lowest BCUT2D eigenvalue weighted by atomic mass is 10.1. The summed E-state index contributed by atoms with van der Waals surface area (Å²) in [5.74, 6) is -0.492. The fourth-order valence-electron chi connectivity index (χ4n) is 2.36. The van der Waals surface area contributed by atoms with E-state index >= 15 is 0 Å². The second-order valence-corrected chi connectivity index (χ2v) is 5.25. The van der Waals surface area contributed by atoms with Gasteiger partial charge >= 0.3 is 12.0 Å². The summed E-state index contributed by atoms with van der Waals surface area (Å²) in [4.78, 5) is 24.6. The van der Waals surface area contributed by atoms with Gasteiger partial charge in [-0.2, -0.15) is 0 Å². The highest BCUT2D eigenvalue weighted by Crippen LogP contribution is 2.34. The number of aliphatic carboxylic acids is 1. The third-order valence-corrected chi connectivity index (χ3v) is 3.51. The van der Waals surface area contributed by atoms with E-state index < -0.39 is 5.97 Å². The topological polar surface area (TPSA) is 69.6 Å². The number of carbonyl (C=O) groups is 2. The normalized spacial score (nSPS) is 21.2. The average Bonchev–Trinajstić information content (AvgIpc) is 3.11. The molecule has 5 nitrogen and oxygen atoms in total. The molecule has 2 amide bonds. The molecule has 0 spiro atoms. The number of urea groups is 1. The number of rotatable bonds is 4. The minimum Gasteiger partial charge on any atom is -0.481 e. The molecule has 18 heavy (non-hydrogen) atoms. The molecule has 0 aromatic rings. The minimum absolute atomic E-state index is 0.0269. The van der Waals surface area contributed by atoms with Gasteiger partial charge in [0.1, 0.15) is 0 Å². The molecule has 1 atom stereocenters. The number of carbonyl (C=O) groups excluding carboxylic acids is 1. The molecule has 1 heterocycles. The van der Waals surface area contributed by atoms with E-state index in [0.717, 1.165) is 19.3 Å². The summed E-state index contributed by atoms with van der Waals surface area (Å²) in [6.45, 7) is 3.37. The summed E-state index contributed by atoms with van der Waals surface area (Å²) in [5.41, 5.74) is 1.19. The molecule has 1 aliphatic heterocycles. The van der Waals surface area contributed by atoms with Crippen molar-refractivity contribution >= 4 is 12.0 Å². The summed E-state index contributed by atoms with van der Waals surface area (Å²) in [6, 6.07) is -0.332. The van der Waals surface area contributed by atoms with Crippen molar-refractivity contribution in [3.8, 4) is 0 Å². The number of amides is 2. The Morgan fingerprint density at radius 2 is 2.28 bits per heavy atom. The van der Waals surface area contributed by atoms with Crippen molar-refractivity contribution in [3.05, 3.63) is 11.6 Å². The zero-order valence-electron chi connectivity index (χ0n) is 10.7. The maximum atomic E-state index is 12.1. The van der Waals surface area contributed by atoms with Gasteiger partial charge in [-0.15, -0.1) is 0 Å². The van der Waals surface area contributed by atoms with Crippen LogP contribution in [0.2, 0.25) is 0 Å². The van der Waals surface area contributed by atoms with Crippen molar-refractivity contribution in [1.82, 2.24) is 10.2 Å². The highest BCUT2D eigenvalue weighted by Gasteiger charge is 2.34. The Morgan fingerprint density at radius 3 is 2.83 bits per heavy atom.